The fourth-order valence-electron chi connectivity index (χ4n) is 1.45. The Kier molecular flexibility index (Phi) is 8.09. The highest BCUT2D eigenvalue weighted by molar-refractivity contribution is 5.07. The number of nitrogens with one attached hydrogen (secondary N) is 1. The first-order chi connectivity index (χ1) is 9.22. The maximum absolute atomic E-state index is 5.43. The molecule has 0 unspecified atom stereocenters. The lowest BCUT2D eigenvalue weighted by Gasteiger charge is -2.08. The Morgan fingerprint density at radius 2 is 2.00 bits per heavy atom. The second kappa shape index (κ2) is 9.69. The van der Waals surface area contributed by atoms with Crippen LogP contribution in [-0.2, 0) is 11.3 Å². The van der Waals surface area contributed by atoms with Crippen molar-refractivity contribution in [1.29, 1.82) is 0 Å². The molecule has 0 aliphatic carbocycles. The van der Waals surface area contributed by atoms with E-state index in [-0.39, 0.29) is 0 Å². The topological polar surface area (TPSA) is 56.3 Å². The van der Waals surface area contributed by atoms with Crippen molar-refractivity contribution < 1.29 is 9.47 Å². The van der Waals surface area contributed by atoms with Gasteiger partial charge in [0, 0.05) is 13.2 Å². The van der Waals surface area contributed by atoms with Gasteiger partial charge in [0.1, 0.15) is 6.61 Å². The van der Waals surface area contributed by atoms with Crippen LogP contribution in [0, 0.1) is 5.92 Å². The van der Waals surface area contributed by atoms with Crippen molar-refractivity contribution in [3.8, 4) is 5.88 Å². The van der Waals surface area contributed by atoms with Gasteiger partial charge in [0.05, 0.1) is 24.7 Å². The van der Waals surface area contributed by atoms with Gasteiger partial charge in [-0.25, -0.2) is 4.98 Å². The molecule has 0 aromatic carbocycles. The SMILES string of the molecule is CCCOCCOc1cnc(CNCC(C)C)cn1. The van der Waals surface area contributed by atoms with E-state index in [1.165, 1.54) is 0 Å². The van der Waals surface area contributed by atoms with Crippen LogP contribution in [0.25, 0.3) is 0 Å². The van der Waals surface area contributed by atoms with Gasteiger partial charge >= 0.3 is 0 Å². The fourth-order valence-corrected chi connectivity index (χ4v) is 1.45. The second-order valence-corrected chi connectivity index (χ2v) is 4.83. The van der Waals surface area contributed by atoms with Crippen LogP contribution in [0.1, 0.15) is 32.9 Å². The lowest BCUT2D eigenvalue weighted by Crippen LogP contribution is -2.19. The fraction of sp³-hybridized carbons (Fsp3) is 0.714. The predicted octanol–water partition coefficient (Wildman–Crippen LogP) is 2.03. The van der Waals surface area contributed by atoms with Crippen LogP contribution < -0.4 is 10.1 Å². The van der Waals surface area contributed by atoms with E-state index in [0.717, 1.165) is 31.8 Å². The largest absolute Gasteiger partial charge is 0.474 e. The summed E-state index contributed by atoms with van der Waals surface area (Å²) >= 11 is 0. The first-order valence-corrected chi connectivity index (χ1v) is 6.94. The predicted molar refractivity (Wildman–Crippen MR) is 75.2 cm³/mol. The van der Waals surface area contributed by atoms with E-state index in [4.69, 9.17) is 9.47 Å². The Morgan fingerprint density at radius 1 is 1.16 bits per heavy atom. The van der Waals surface area contributed by atoms with Gasteiger partial charge in [0.15, 0.2) is 0 Å². The van der Waals surface area contributed by atoms with Gasteiger partial charge in [-0.2, -0.15) is 0 Å². The molecule has 19 heavy (non-hydrogen) atoms. The first-order valence-electron chi connectivity index (χ1n) is 6.94. The van der Waals surface area contributed by atoms with Gasteiger partial charge in [-0.05, 0) is 18.9 Å². The van der Waals surface area contributed by atoms with Crippen molar-refractivity contribution in [1.82, 2.24) is 15.3 Å². The van der Waals surface area contributed by atoms with Crippen LogP contribution in [0.5, 0.6) is 5.88 Å². The molecular formula is C14H25N3O2. The number of hydrogen-bond acceptors (Lipinski definition) is 5. The molecule has 0 saturated carbocycles. The Morgan fingerprint density at radius 3 is 2.63 bits per heavy atom. The van der Waals surface area contributed by atoms with Gasteiger partial charge in [-0.1, -0.05) is 20.8 Å². The summed E-state index contributed by atoms with van der Waals surface area (Å²) in [4.78, 5) is 8.51. The molecule has 0 amide bonds. The highest BCUT2D eigenvalue weighted by Crippen LogP contribution is 2.04. The molecule has 5 nitrogen and oxygen atoms in total. The average molecular weight is 267 g/mol. The Bertz CT molecular complexity index is 328. The Labute approximate surface area is 115 Å². The molecule has 1 aromatic rings. The number of rotatable bonds is 10. The summed E-state index contributed by atoms with van der Waals surface area (Å²) in [7, 11) is 0. The van der Waals surface area contributed by atoms with Crippen molar-refractivity contribution in [2.45, 2.75) is 33.7 Å². The van der Waals surface area contributed by atoms with Gasteiger partial charge in [-0.3, -0.25) is 4.98 Å². The summed E-state index contributed by atoms with van der Waals surface area (Å²) < 4.78 is 10.8. The first kappa shape index (κ1) is 15.9. The number of aromatic nitrogens is 2. The zero-order valence-corrected chi connectivity index (χ0v) is 12.2. The van der Waals surface area contributed by atoms with E-state index in [0.29, 0.717) is 25.0 Å². The zero-order chi connectivity index (χ0) is 13.9. The third-order valence-electron chi connectivity index (χ3n) is 2.37. The molecule has 1 aromatic heterocycles. The van der Waals surface area contributed by atoms with Crippen molar-refractivity contribution in [2.75, 3.05) is 26.4 Å². The quantitative estimate of drug-likeness (QED) is 0.657. The van der Waals surface area contributed by atoms with Crippen LogP contribution in [-0.4, -0.2) is 36.3 Å². The second-order valence-electron chi connectivity index (χ2n) is 4.83. The van der Waals surface area contributed by atoms with Gasteiger partial charge in [-0.15, -0.1) is 0 Å². The van der Waals surface area contributed by atoms with Crippen molar-refractivity contribution in [3.05, 3.63) is 18.1 Å². The summed E-state index contributed by atoms with van der Waals surface area (Å²) in [5.74, 6) is 1.19. The molecule has 5 heteroatoms. The van der Waals surface area contributed by atoms with E-state index in [2.05, 4.69) is 36.1 Å². The molecule has 1 heterocycles. The Balaban J connectivity index is 2.19. The molecule has 0 saturated heterocycles. The van der Waals surface area contributed by atoms with Crippen LogP contribution >= 0.6 is 0 Å². The summed E-state index contributed by atoms with van der Waals surface area (Å²) in [5, 5.41) is 3.32. The minimum absolute atomic E-state index is 0.514. The van der Waals surface area contributed by atoms with Crippen LogP contribution in [0.4, 0.5) is 0 Å². The highest BCUT2D eigenvalue weighted by Gasteiger charge is 1.99. The van der Waals surface area contributed by atoms with Gasteiger partial charge < -0.3 is 14.8 Å². The molecule has 1 N–H and O–H groups in total. The van der Waals surface area contributed by atoms with Gasteiger partial charge in [0.25, 0.3) is 0 Å². The van der Waals surface area contributed by atoms with Crippen LogP contribution in [0.15, 0.2) is 12.4 Å². The molecule has 0 fully saturated rings. The summed E-state index contributed by atoms with van der Waals surface area (Å²) in [5.41, 5.74) is 0.926. The molecule has 0 spiro atoms. The zero-order valence-electron chi connectivity index (χ0n) is 12.2. The third-order valence-corrected chi connectivity index (χ3v) is 2.37. The number of ether oxygens (including phenoxy) is 2. The third kappa shape index (κ3) is 7.74. The standard InChI is InChI=1S/C14H25N3O2/c1-4-5-18-6-7-19-14-11-16-13(10-17-14)9-15-8-12(2)3/h10-12,15H,4-9H2,1-3H3. The minimum Gasteiger partial charge on any atom is -0.474 e. The van der Waals surface area contributed by atoms with Crippen molar-refractivity contribution in [3.63, 3.8) is 0 Å². The molecule has 0 radical (unpaired) electrons. The summed E-state index contributed by atoms with van der Waals surface area (Å²) in [6.07, 6.45) is 4.43. The highest BCUT2D eigenvalue weighted by atomic mass is 16.5. The lowest BCUT2D eigenvalue weighted by atomic mass is 10.2. The molecule has 0 bridgehead atoms. The van der Waals surface area contributed by atoms with Crippen molar-refractivity contribution >= 4 is 0 Å². The molecule has 0 aliphatic rings. The van der Waals surface area contributed by atoms with E-state index >= 15 is 0 Å². The minimum atomic E-state index is 0.514. The molecule has 0 atom stereocenters. The molecular weight excluding hydrogens is 242 g/mol. The monoisotopic (exact) mass is 267 g/mol. The maximum Gasteiger partial charge on any atom is 0.232 e. The van der Waals surface area contributed by atoms with Crippen LogP contribution in [0.2, 0.25) is 0 Å². The molecule has 108 valence electrons. The van der Waals surface area contributed by atoms with Gasteiger partial charge in [0.2, 0.25) is 5.88 Å². The normalized spacial score (nSPS) is 10.9. The maximum atomic E-state index is 5.43. The molecule has 0 aliphatic heterocycles. The smallest absolute Gasteiger partial charge is 0.232 e. The average Bonchev–Trinajstić information content (AvgIpc) is 2.40. The number of hydrogen-bond donors (Lipinski definition) is 1. The van der Waals surface area contributed by atoms with E-state index in [1.807, 2.05) is 0 Å². The summed E-state index contributed by atoms with van der Waals surface area (Å²) in [6, 6.07) is 0. The van der Waals surface area contributed by atoms with Crippen LogP contribution in [0.3, 0.4) is 0 Å². The van der Waals surface area contributed by atoms with E-state index in [9.17, 15) is 0 Å². The lowest BCUT2D eigenvalue weighted by molar-refractivity contribution is 0.0988. The summed E-state index contributed by atoms with van der Waals surface area (Å²) in [6.45, 7) is 10.0. The number of nitrogens with zero attached hydrogens (tertiary/aromatic N) is 2. The van der Waals surface area contributed by atoms with Crippen molar-refractivity contribution in [2.24, 2.45) is 5.92 Å². The van der Waals surface area contributed by atoms with E-state index in [1.54, 1.807) is 12.4 Å². The van der Waals surface area contributed by atoms with E-state index < -0.39 is 0 Å². The Hall–Kier alpha value is -1.20. The molecule has 1 rings (SSSR count).